The van der Waals surface area contributed by atoms with Gasteiger partial charge in [0.25, 0.3) is 0 Å². The number of hydrogen-bond acceptors (Lipinski definition) is 4. The quantitative estimate of drug-likeness (QED) is 0.460. The minimum Gasteiger partial charge on any atom is -0.353 e. The Bertz CT molecular complexity index is 292. The van der Waals surface area contributed by atoms with Gasteiger partial charge in [0, 0.05) is 0 Å². The van der Waals surface area contributed by atoms with Crippen LogP contribution >= 0.6 is 0 Å². The predicted octanol–water partition coefficient (Wildman–Crippen LogP) is -0.205. The lowest BCUT2D eigenvalue weighted by atomic mass is 10.5. The summed E-state index contributed by atoms with van der Waals surface area (Å²) in [6.07, 6.45) is 6.22. The summed E-state index contributed by atoms with van der Waals surface area (Å²) in [6.45, 7) is -0.0537. The molecule has 0 fully saturated rings. The minimum absolute atomic E-state index is 0.0220. The summed E-state index contributed by atoms with van der Waals surface area (Å²) in [5.41, 5.74) is 0. The Kier molecular flexibility index (Phi) is 1.66. The van der Waals surface area contributed by atoms with Crippen LogP contribution in [-0.2, 0) is 18.8 Å². The van der Waals surface area contributed by atoms with Gasteiger partial charge in [-0.1, -0.05) is 0 Å². The van der Waals surface area contributed by atoms with Gasteiger partial charge in [0.2, 0.25) is 0 Å². The maximum absolute atomic E-state index is 10.4. The number of rotatable bonds is 0. The van der Waals surface area contributed by atoms with E-state index in [2.05, 4.69) is 8.37 Å². The Morgan fingerprint density at radius 3 is 2.80 bits per heavy atom. The third-order valence-electron chi connectivity index (χ3n) is 0.815. The average molecular weight is 160 g/mol. The molecule has 0 aromatic heterocycles. The molecule has 1 heterocycles. The molecule has 5 heteroatoms. The lowest BCUT2D eigenvalue weighted by Crippen LogP contribution is -2.14. The standard InChI is InChI=1S/C5H4O4S/c1-2-5-3-4-8-10(6,7)9-5/h1,3H,4H2. The Labute approximate surface area is 58.8 Å². The van der Waals surface area contributed by atoms with Crippen LogP contribution in [0.3, 0.4) is 0 Å². The monoisotopic (exact) mass is 160 g/mol. The van der Waals surface area contributed by atoms with Crippen molar-refractivity contribution in [2.45, 2.75) is 0 Å². The van der Waals surface area contributed by atoms with Crippen LogP contribution in [0.15, 0.2) is 11.8 Å². The van der Waals surface area contributed by atoms with Crippen molar-refractivity contribution in [2.24, 2.45) is 0 Å². The fraction of sp³-hybridized carbons (Fsp3) is 0.200. The normalized spacial score (nSPS) is 22.1. The third kappa shape index (κ3) is 1.50. The highest BCUT2D eigenvalue weighted by Crippen LogP contribution is 2.10. The first-order valence-electron chi connectivity index (χ1n) is 2.40. The van der Waals surface area contributed by atoms with Crippen molar-refractivity contribution >= 4 is 10.4 Å². The van der Waals surface area contributed by atoms with Crippen molar-refractivity contribution in [3.8, 4) is 12.3 Å². The highest BCUT2D eigenvalue weighted by Gasteiger charge is 2.17. The van der Waals surface area contributed by atoms with Gasteiger partial charge >= 0.3 is 10.4 Å². The minimum atomic E-state index is -3.85. The maximum Gasteiger partial charge on any atom is 0.449 e. The second-order valence-corrected chi connectivity index (χ2v) is 2.71. The van der Waals surface area contributed by atoms with Gasteiger partial charge in [-0.3, -0.25) is 0 Å². The van der Waals surface area contributed by atoms with Gasteiger partial charge in [-0.25, -0.2) is 4.18 Å². The summed E-state index contributed by atoms with van der Waals surface area (Å²) >= 11 is 0. The molecule has 0 unspecified atom stereocenters. The third-order valence-corrected chi connectivity index (χ3v) is 1.62. The smallest absolute Gasteiger partial charge is 0.353 e. The fourth-order valence-corrected chi connectivity index (χ4v) is 1.06. The van der Waals surface area contributed by atoms with E-state index in [1.54, 1.807) is 0 Å². The highest BCUT2D eigenvalue weighted by atomic mass is 32.3. The molecule has 0 amide bonds. The van der Waals surface area contributed by atoms with E-state index < -0.39 is 10.4 Å². The molecular formula is C5H4O4S. The van der Waals surface area contributed by atoms with Gasteiger partial charge in [-0.05, 0) is 12.0 Å². The van der Waals surface area contributed by atoms with Crippen molar-refractivity contribution in [1.82, 2.24) is 0 Å². The first-order chi connectivity index (χ1) is 4.64. The molecule has 1 aliphatic heterocycles. The zero-order valence-corrected chi connectivity index (χ0v) is 5.72. The van der Waals surface area contributed by atoms with Crippen LogP contribution in [0.4, 0.5) is 0 Å². The van der Waals surface area contributed by atoms with Crippen LogP contribution in [0.2, 0.25) is 0 Å². The molecule has 0 N–H and O–H groups in total. The topological polar surface area (TPSA) is 52.6 Å². The summed E-state index contributed by atoms with van der Waals surface area (Å²) in [6, 6.07) is 0. The second kappa shape index (κ2) is 2.33. The SMILES string of the molecule is C#CC1=CCOS(=O)(=O)O1. The molecule has 0 saturated heterocycles. The van der Waals surface area contributed by atoms with Crippen LogP contribution in [-0.4, -0.2) is 15.0 Å². The molecule has 1 aliphatic rings. The van der Waals surface area contributed by atoms with E-state index in [0.29, 0.717) is 0 Å². The predicted molar refractivity (Wildman–Crippen MR) is 32.9 cm³/mol. The van der Waals surface area contributed by atoms with Gasteiger partial charge in [0.05, 0.1) is 6.61 Å². The van der Waals surface area contributed by atoms with Crippen LogP contribution in [0, 0.1) is 12.3 Å². The summed E-state index contributed by atoms with van der Waals surface area (Å²) in [7, 11) is -3.85. The largest absolute Gasteiger partial charge is 0.449 e. The Hall–Kier alpha value is -0.990. The lowest BCUT2D eigenvalue weighted by Gasteiger charge is -2.08. The van der Waals surface area contributed by atoms with E-state index in [-0.39, 0.29) is 12.4 Å². The van der Waals surface area contributed by atoms with Crippen molar-refractivity contribution in [2.75, 3.05) is 6.61 Å². The molecule has 10 heavy (non-hydrogen) atoms. The van der Waals surface area contributed by atoms with Gasteiger partial charge in [-0.2, -0.15) is 8.42 Å². The number of terminal acetylenes is 1. The van der Waals surface area contributed by atoms with E-state index >= 15 is 0 Å². The molecule has 0 radical (unpaired) electrons. The van der Waals surface area contributed by atoms with E-state index in [0.717, 1.165) is 0 Å². The van der Waals surface area contributed by atoms with E-state index in [9.17, 15) is 8.42 Å². The highest BCUT2D eigenvalue weighted by molar-refractivity contribution is 7.82. The zero-order chi connectivity index (χ0) is 7.61. The fourth-order valence-electron chi connectivity index (χ4n) is 0.444. The van der Waals surface area contributed by atoms with Gasteiger partial charge in [0.15, 0.2) is 5.76 Å². The molecule has 4 nitrogen and oxygen atoms in total. The Morgan fingerprint density at radius 2 is 2.40 bits per heavy atom. The number of allylic oxidation sites excluding steroid dienone is 1. The Morgan fingerprint density at radius 1 is 1.70 bits per heavy atom. The first-order valence-corrected chi connectivity index (χ1v) is 3.73. The molecule has 0 aromatic rings. The molecule has 1 rings (SSSR count). The van der Waals surface area contributed by atoms with E-state index in [4.69, 9.17) is 6.42 Å². The van der Waals surface area contributed by atoms with Gasteiger partial charge in [-0.15, -0.1) is 6.42 Å². The summed E-state index contributed by atoms with van der Waals surface area (Å²) < 4.78 is 29.3. The molecule has 0 saturated carbocycles. The first kappa shape index (κ1) is 7.12. The maximum atomic E-state index is 10.4. The van der Waals surface area contributed by atoms with Crippen molar-refractivity contribution in [3.05, 3.63) is 11.8 Å². The van der Waals surface area contributed by atoms with Crippen molar-refractivity contribution < 1.29 is 16.8 Å². The molecule has 0 spiro atoms. The van der Waals surface area contributed by atoms with Crippen molar-refractivity contribution in [1.29, 1.82) is 0 Å². The van der Waals surface area contributed by atoms with E-state index in [1.165, 1.54) is 6.08 Å². The molecule has 0 atom stereocenters. The van der Waals surface area contributed by atoms with Crippen LogP contribution in [0.1, 0.15) is 0 Å². The van der Waals surface area contributed by atoms with Gasteiger partial charge in [0.1, 0.15) is 0 Å². The molecule has 0 bridgehead atoms. The molecule has 0 aromatic carbocycles. The van der Waals surface area contributed by atoms with Gasteiger partial charge < -0.3 is 4.18 Å². The van der Waals surface area contributed by atoms with E-state index in [1.807, 2.05) is 5.92 Å². The summed E-state index contributed by atoms with van der Waals surface area (Å²) in [5.74, 6) is 2.02. The van der Waals surface area contributed by atoms with Crippen LogP contribution in [0.25, 0.3) is 0 Å². The van der Waals surface area contributed by atoms with Crippen LogP contribution in [0.5, 0.6) is 0 Å². The van der Waals surface area contributed by atoms with Crippen LogP contribution < -0.4 is 0 Å². The summed E-state index contributed by atoms with van der Waals surface area (Å²) in [4.78, 5) is 0. The zero-order valence-electron chi connectivity index (χ0n) is 4.90. The molecule has 0 aliphatic carbocycles. The lowest BCUT2D eigenvalue weighted by molar-refractivity contribution is 0.254. The van der Waals surface area contributed by atoms with Crippen molar-refractivity contribution in [3.63, 3.8) is 0 Å². The molecular weight excluding hydrogens is 156 g/mol. The average Bonchev–Trinajstić information content (AvgIpc) is 1.86. The summed E-state index contributed by atoms with van der Waals surface area (Å²) in [5, 5.41) is 0. The number of hydrogen-bond donors (Lipinski definition) is 0. The second-order valence-electron chi connectivity index (χ2n) is 1.49. The Balaban J connectivity index is 2.89. The molecule has 54 valence electrons.